The number of amides is 1. The molecule has 4 rings (SSSR count). The summed E-state index contributed by atoms with van der Waals surface area (Å²) in [6.07, 6.45) is 0.133. The van der Waals surface area contributed by atoms with Crippen molar-refractivity contribution in [3.8, 4) is 6.07 Å². The lowest BCUT2D eigenvalue weighted by Gasteiger charge is -2.43. The van der Waals surface area contributed by atoms with Crippen LogP contribution in [-0.4, -0.2) is 54.1 Å². The highest BCUT2D eigenvalue weighted by Gasteiger charge is 2.27. The number of aromatic nitrogens is 1. The molecule has 1 aliphatic rings. The molecule has 0 spiro atoms. The summed E-state index contributed by atoms with van der Waals surface area (Å²) in [6.45, 7) is 9.38. The smallest absolute Gasteiger partial charge is 0.263 e. The van der Waals surface area contributed by atoms with Crippen LogP contribution in [0.1, 0.15) is 41.7 Å². The number of hydrogen-bond acceptors (Lipinski definition) is 7. The number of carbonyl (C=O) groups excluding carboxylic acids is 1. The maximum Gasteiger partial charge on any atom is 0.263 e. The van der Waals surface area contributed by atoms with E-state index >= 15 is 0 Å². The van der Waals surface area contributed by atoms with Gasteiger partial charge >= 0.3 is 0 Å². The largest absolute Gasteiger partial charge is 0.397 e. The summed E-state index contributed by atoms with van der Waals surface area (Å²) < 4.78 is 29.7. The lowest BCUT2D eigenvalue weighted by Crippen LogP contribution is -2.53. The molecule has 7 nitrogen and oxygen atoms in total. The first kappa shape index (κ1) is 24.8. The molecule has 184 valence electrons. The first-order valence-corrected chi connectivity index (χ1v) is 12.3. The zero-order valence-electron chi connectivity index (χ0n) is 20.0. The van der Waals surface area contributed by atoms with Crippen LogP contribution in [0, 0.1) is 23.0 Å². The van der Waals surface area contributed by atoms with E-state index in [9.17, 15) is 13.6 Å². The van der Waals surface area contributed by atoms with Crippen LogP contribution in [0.2, 0.25) is 0 Å². The number of carbonyl (C=O) groups is 1. The quantitative estimate of drug-likeness (QED) is 0.553. The molecule has 1 fully saturated rings. The minimum absolute atomic E-state index is 0.0424. The van der Waals surface area contributed by atoms with Gasteiger partial charge in [-0.05, 0) is 51.0 Å². The number of hydrogen-bond donors (Lipinski definition) is 2. The van der Waals surface area contributed by atoms with E-state index in [-0.39, 0.29) is 46.0 Å². The fourth-order valence-corrected chi connectivity index (χ4v) is 5.26. The molecule has 10 heteroatoms. The van der Waals surface area contributed by atoms with E-state index in [1.807, 2.05) is 11.0 Å². The van der Waals surface area contributed by atoms with Crippen LogP contribution in [-0.2, 0) is 6.42 Å². The topological polar surface area (TPSA) is 98.3 Å². The number of piperazine rings is 1. The normalized spacial score (nSPS) is 14.8. The molecular weight excluding hydrogens is 470 g/mol. The number of nitrogen functional groups attached to an aromatic ring is 1. The summed E-state index contributed by atoms with van der Waals surface area (Å²) in [6, 6.07) is 7.62. The molecule has 1 aromatic carbocycles. The van der Waals surface area contributed by atoms with Crippen LogP contribution in [0.3, 0.4) is 0 Å². The van der Waals surface area contributed by atoms with Gasteiger partial charge in [-0.2, -0.15) is 5.26 Å². The molecule has 0 bridgehead atoms. The second kappa shape index (κ2) is 9.76. The Morgan fingerprint density at radius 1 is 1.20 bits per heavy atom. The van der Waals surface area contributed by atoms with Crippen LogP contribution in [0.4, 0.5) is 20.2 Å². The van der Waals surface area contributed by atoms with Gasteiger partial charge in [0.05, 0.1) is 11.4 Å². The Balaban J connectivity index is 1.39. The Hall–Kier alpha value is -3.29. The molecule has 0 saturated carbocycles. The fourth-order valence-electron chi connectivity index (χ4n) is 4.25. The van der Waals surface area contributed by atoms with Crippen molar-refractivity contribution >= 4 is 38.8 Å². The second-order valence-electron chi connectivity index (χ2n) is 9.55. The van der Waals surface area contributed by atoms with Crippen LogP contribution < -0.4 is 16.0 Å². The van der Waals surface area contributed by atoms with E-state index in [4.69, 9.17) is 11.0 Å². The van der Waals surface area contributed by atoms with E-state index in [2.05, 4.69) is 36.0 Å². The number of thiophene rings is 1. The van der Waals surface area contributed by atoms with Gasteiger partial charge in [-0.15, -0.1) is 11.3 Å². The zero-order valence-corrected chi connectivity index (χ0v) is 20.8. The third kappa shape index (κ3) is 5.21. The predicted octanol–water partition coefficient (Wildman–Crippen LogP) is 3.92. The number of fused-ring (bicyclic) bond motifs is 1. The number of nitrogens with zero attached hydrogens (tertiary/aromatic N) is 4. The third-order valence-corrected chi connectivity index (χ3v) is 7.39. The Morgan fingerprint density at radius 3 is 2.57 bits per heavy atom. The molecular formula is C25H28F2N6OS. The first-order chi connectivity index (χ1) is 16.6. The summed E-state index contributed by atoms with van der Waals surface area (Å²) in [4.78, 5) is 21.8. The van der Waals surface area contributed by atoms with Crippen molar-refractivity contribution in [2.24, 2.45) is 0 Å². The van der Waals surface area contributed by atoms with Crippen LogP contribution >= 0.6 is 11.3 Å². The second-order valence-corrected chi connectivity index (χ2v) is 10.6. The van der Waals surface area contributed by atoms with E-state index in [1.165, 1.54) is 12.1 Å². The van der Waals surface area contributed by atoms with Crippen molar-refractivity contribution in [3.63, 3.8) is 0 Å². The Bertz CT molecular complexity index is 1300. The van der Waals surface area contributed by atoms with Crippen molar-refractivity contribution in [2.45, 2.75) is 32.7 Å². The van der Waals surface area contributed by atoms with E-state index in [0.717, 1.165) is 24.4 Å². The minimum atomic E-state index is -0.497. The number of nitrogens with one attached hydrogen (secondary N) is 1. The molecule has 0 aliphatic carbocycles. The van der Waals surface area contributed by atoms with Gasteiger partial charge in [0.15, 0.2) is 0 Å². The number of pyridine rings is 1. The summed E-state index contributed by atoms with van der Waals surface area (Å²) in [5.41, 5.74) is 7.12. The number of nitriles is 1. The molecule has 1 amide bonds. The Morgan fingerprint density at radius 2 is 1.91 bits per heavy atom. The highest BCUT2D eigenvalue weighted by molar-refractivity contribution is 7.21. The van der Waals surface area contributed by atoms with Gasteiger partial charge < -0.3 is 16.0 Å². The summed E-state index contributed by atoms with van der Waals surface area (Å²) in [7, 11) is 0. The SMILES string of the molecule is CC(C)(C)N1CCN(c2cc(F)c(CCNC(=O)c3sc4nc(C#N)ccc4c3N)cc2F)CC1. The predicted molar refractivity (Wildman–Crippen MR) is 135 cm³/mol. The van der Waals surface area contributed by atoms with Crippen molar-refractivity contribution in [2.75, 3.05) is 43.4 Å². The molecule has 2 aromatic heterocycles. The summed E-state index contributed by atoms with van der Waals surface area (Å²) in [5, 5.41) is 12.3. The third-order valence-electron chi connectivity index (χ3n) is 6.28. The van der Waals surface area contributed by atoms with Crippen molar-refractivity contribution < 1.29 is 13.6 Å². The lowest BCUT2D eigenvalue weighted by molar-refractivity contribution is 0.0959. The first-order valence-electron chi connectivity index (χ1n) is 11.4. The van der Waals surface area contributed by atoms with E-state index in [0.29, 0.717) is 23.3 Å². The van der Waals surface area contributed by atoms with Crippen molar-refractivity contribution in [3.05, 3.63) is 52.0 Å². The summed E-state index contributed by atoms with van der Waals surface area (Å²) in [5.74, 6) is -1.38. The molecule has 3 aromatic rings. The number of benzene rings is 1. The average Bonchev–Trinajstić information content (AvgIpc) is 3.16. The Kier molecular flexibility index (Phi) is 6.92. The minimum Gasteiger partial charge on any atom is -0.397 e. The molecule has 1 saturated heterocycles. The van der Waals surface area contributed by atoms with Gasteiger partial charge in [-0.1, -0.05) is 0 Å². The lowest BCUT2D eigenvalue weighted by atomic mass is 10.0. The van der Waals surface area contributed by atoms with Gasteiger partial charge in [-0.25, -0.2) is 13.8 Å². The molecule has 0 unspecified atom stereocenters. The number of rotatable bonds is 5. The monoisotopic (exact) mass is 498 g/mol. The Labute approximate surface area is 207 Å². The molecule has 0 radical (unpaired) electrons. The number of nitrogens with two attached hydrogens (primary N) is 1. The number of anilines is 2. The fraction of sp³-hybridized carbons (Fsp3) is 0.400. The molecule has 0 atom stereocenters. The van der Waals surface area contributed by atoms with E-state index < -0.39 is 17.5 Å². The average molecular weight is 499 g/mol. The highest BCUT2D eigenvalue weighted by atomic mass is 32.1. The molecule has 1 aliphatic heterocycles. The molecule has 35 heavy (non-hydrogen) atoms. The maximum atomic E-state index is 14.9. The summed E-state index contributed by atoms with van der Waals surface area (Å²) >= 11 is 1.09. The van der Waals surface area contributed by atoms with E-state index in [1.54, 1.807) is 12.1 Å². The van der Waals surface area contributed by atoms with Gasteiger partial charge in [0.25, 0.3) is 5.91 Å². The zero-order chi connectivity index (χ0) is 25.3. The number of halogens is 2. The molecule has 3 heterocycles. The van der Waals surface area contributed by atoms with Crippen LogP contribution in [0.5, 0.6) is 0 Å². The van der Waals surface area contributed by atoms with Gasteiger partial charge in [0, 0.05) is 49.7 Å². The highest BCUT2D eigenvalue weighted by Crippen LogP contribution is 2.32. The van der Waals surface area contributed by atoms with Crippen molar-refractivity contribution in [1.82, 2.24) is 15.2 Å². The maximum absolute atomic E-state index is 14.9. The van der Waals surface area contributed by atoms with Crippen LogP contribution in [0.15, 0.2) is 24.3 Å². The molecule has 3 N–H and O–H groups in total. The van der Waals surface area contributed by atoms with Crippen molar-refractivity contribution in [1.29, 1.82) is 5.26 Å². The van der Waals surface area contributed by atoms with Crippen LogP contribution in [0.25, 0.3) is 10.2 Å². The van der Waals surface area contributed by atoms with Gasteiger partial charge in [0.1, 0.15) is 33.1 Å². The van der Waals surface area contributed by atoms with Gasteiger partial charge in [0.2, 0.25) is 0 Å². The van der Waals surface area contributed by atoms with Gasteiger partial charge in [-0.3, -0.25) is 9.69 Å². The standard InChI is InChI=1S/C25H28F2N6OS/c1-25(2,3)33-10-8-32(9-11-33)20-13-18(26)15(12-19(20)27)6-7-30-23(34)22-21(29)17-5-4-16(14-28)31-24(17)35-22/h4-5,12-13H,6-11,29H2,1-3H3,(H,30,34).